The van der Waals surface area contributed by atoms with E-state index in [-0.39, 0.29) is 17.9 Å². The molecule has 4 rings (SSSR count). The summed E-state index contributed by atoms with van der Waals surface area (Å²) in [6.07, 6.45) is -5.55. The molecule has 2 aromatic carbocycles. The predicted molar refractivity (Wildman–Crippen MR) is 116 cm³/mol. The van der Waals surface area contributed by atoms with Gasteiger partial charge in [0.2, 0.25) is 0 Å². The van der Waals surface area contributed by atoms with Crippen LogP contribution in [0.15, 0.2) is 54.6 Å². The van der Waals surface area contributed by atoms with Crippen molar-refractivity contribution in [2.24, 2.45) is 0 Å². The standard InChI is InChI=1S/C23H23F3N4O3/c1-13(31)15-4-3-5-16(10-15)27-22(32)19-12-21-28-18(14-6-8-17(33-2)9-7-14)11-20(23(24,25)26)30(21)29-19/h3-10,12-13,18,20,28,31H,11H2,1-2H3,(H,27,32)/t13-,18-,20+/m1/s1. The number of hydrogen-bond donors (Lipinski definition) is 3. The van der Waals surface area contributed by atoms with Gasteiger partial charge in [0.05, 0.1) is 19.3 Å². The third-order valence-corrected chi connectivity index (χ3v) is 5.57. The Balaban J connectivity index is 1.61. The molecular weight excluding hydrogens is 437 g/mol. The van der Waals surface area contributed by atoms with E-state index in [0.29, 0.717) is 22.6 Å². The number of aliphatic hydroxyl groups is 1. The Morgan fingerprint density at radius 2 is 1.97 bits per heavy atom. The number of carbonyl (C=O) groups is 1. The molecule has 0 saturated heterocycles. The van der Waals surface area contributed by atoms with E-state index in [1.165, 1.54) is 13.2 Å². The van der Waals surface area contributed by atoms with Crippen molar-refractivity contribution in [2.45, 2.75) is 37.7 Å². The zero-order valence-electron chi connectivity index (χ0n) is 17.9. The molecule has 3 aromatic rings. The lowest BCUT2D eigenvalue weighted by Crippen LogP contribution is -2.35. The van der Waals surface area contributed by atoms with Crippen LogP contribution in [0, 0.1) is 0 Å². The van der Waals surface area contributed by atoms with Gasteiger partial charge in [-0.25, -0.2) is 4.68 Å². The summed E-state index contributed by atoms with van der Waals surface area (Å²) in [6.45, 7) is 1.59. The van der Waals surface area contributed by atoms with E-state index in [0.717, 1.165) is 4.68 Å². The van der Waals surface area contributed by atoms with Gasteiger partial charge in [-0.3, -0.25) is 4.79 Å². The number of aliphatic hydroxyl groups excluding tert-OH is 1. The first-order valence-corrected chi connectivity index (χ1v) is 10.3. The Morgan fingerprint density at radius 3 is 2.61 bits per heavy atom. The maximum absolute atomic E-state index is 13.9. The third kappa shape index (κ3) is 4.80. The number of rotatable bonds is 5. The van der Waals surface area contributed by atoms with Gasteiger partial charge in [0.25, 0.3) is 5.91 Å². The van der Waals surface area contributed by atoms with Crippen molar-refractivity contribution in [2.75, 3.05) is 17.7 Å². The number of alkyl halides is 3. The Morgan fingerprint density at radius 1 is 1.24 bits per heavy atom. The van der Waals surface area contributed by atoms with Crippen molar-refractivity contribution < 1.29 is 27.8 Å². The molecule has 1 aliphatic rings. The quantitative estimate of drug-likeness (QED) is 0.506. The number of fused-ring (bicyclic) bond motifs is 1. The molecule has 174 valence electrons. The van der Waals surface area contributed by atoms with Crippen LogP contribution in [0.1, 0.15) is 53.1 Å². The lowest BCUT2D eigenvalue weighted by Gasteiger charge is -2.33. The van der Waals surface area contributed by atoms with Crippen molar-refractivity contribution >= 4 is 17.4 Å². The van der Waals surface area contributed by atoms with Crippen LogP contribution < -0.4 is 15.4 Å². The molecule has 0 fully saturated rings. The number of carbonyl (C=O) groups excluding carboxylic acids is 1. The maximum atomic E-state index is 13.9. The van der Waals surface area contributed by atoms with Crippen LogP contribution >= 0.6 is 0 Å². The predicted octanol–water partition coefficient (Wildman–Crippen LogP) is 4.86. The molecule has 3 N–H and O–H groups in total. The molecule has 1 aliphatic heterocycles. The van der Waals surface area contributed by atoms with E-state index in [1.807, 2.05) is 0 Å². The molecule has 0 saturated carbocycles. The minimum absolute atomic E-state index is 0.104. The number of nitrogens with zero attached hydrogens (tertiary/aromatic N) is 2. The monoisotopic (exact) mass is 460 g/mol. The van der Waals surface area contributed by atoms with Crippen molar-refractivity contribution in [3.05, 3.63) is 71.4 Å². The largest absolute Gasteiger partial charge is 0.497 e. The zero-order valence-corrected chi connectivity index (χ0v) is 17.9. The molecule has 0 bridgehead atoms. The molecule has 7 nitrogen and oxygen atoms in total. The average molecular weight is 460 g/mol. The van der Waals surface area contributed by atoms with E-state index in [2.05, 4.69) is 15.7 Å². The van der Waals surface area contributed by atoms with E-state index in [9.17, 15) is 23.1 Å². The molecule has 10 heteroatoms. The van der Waals surface area contributed by atoms with E-state index >= 15 is 0 Å². The summed E-state index contributed by atoms with van der Waals surface area (Å²) in [7, 11) is 1.51. The lowest BCUT2D eigenvalue weighted by atomic mass is 9.97. The fourth-order valence-electron chi connectivity index (χ4n) is 3.81. The summed E-state index contributed by atoms with van der Waals surface area (Å²) in [5.41, 5.74) is 1.52. The van der Waals surface area contributed by atoms with Crippen molar-refractivity contribution in [1.82, 2.24) is 9.78 Å². The Bertz CT molecular complexity index is 1140. The van der Waals surface area contributed by atoms with Crippen LogP contribution in [0.25, 0.3) is 0 Å². The molecule has 2 heterocycles. The summed E-state index contributed by atoms with van der Waals surface area (Å²) in [6, 6.07) is 12.2. The SMILES string of the molecule is COc1ccc([C@H]2C[C@@H](C(F)(F)F)n3nc(C(=O)Nc4cccc([C@@H](C)O)c4)cc3N2)cc1. The molecule has 0 spiro atoms. The Kier molecular flexibility index (Phi) is 6.03. The van der Waals surface area contributed by atoms with Gasteiger partial charge in [0.1, 0.15) is 11.6 Å². The van der Waals surface area contributed by atoms with Gasteiger partial charge in [0.15, 0.2) is 11.7 Å². The number of hydrogen-bond acceptors (Lipinski definition) is 5. The summed E-state index contributed by atoms with van der Waals surface area (Å²) in [5, 5.41) is 19.4. The first kappa shape index (κ1) is 22.7. The molecule has 3 atom stereocenters. The number of amides is 1. The number of halogens is 3. The normalized spacial score (nSPS) is 18.7. The highest BCUT2D eigenvalue weighted by molar-refractivity contribution is 6.03. The summed E-state index contributed by atoms with van der Waals surface area (Å²) < 4.78 is 47.6. The lowest BCUT2D eigenvalue weighted by molar-refractivity contribution is -0.173. The van der Waals surface area contributed by atoms with Crippen molar-refractivity contribution in [3.63, 3.8) is 0 Å². The van der Waals surface area contributed by atoms with Crippen LogP contribution in [0.5, 0.6) is 5.75 Å². The third-order valence-electron chi connectivity index (χ3n) is 5.57. The highest BCUT2D eigenvalue weighted by Crippen LogP contribution is 2.43. The van der Waals surface area contributed by atoms with Gasteiger partial charge in [-0.15, -0.1) is 0 Å². The molecule has 0 unspecified atom stereocenters. The first-order valence-electron chi connectivity index (χ1n) is 10.3. The maximum Gasteiger partial charge on any atom is 0.410 e. The molecule has 0 aliphatic carbocycles. The second kappa shape index (κ2) is 8.78. The number of nitrogens with one attached hydrogen (secondary N) is 2. The molecule has 0 radical (unpaired) electrons. The number of benzene rings is 2. The van der Waals surface area contributed by atoms with Crippen LogP contribution in [0.3, 0.4) is 0 Å². The van der Waals surface area contributed by atoms with Gasteiger partial charge < -0.3 is 20.5 Å². The van der Waals surface area contributed by atoms with Crippen LogP contribution in [0.4, 0.5) is 24.7 Å². The number of aromatic nitrogens is 2. The minimum Gasteiger partial charge on any atom is -0.497 e. The van der Waals surface area contributed by atoms with E-state index < -0.39 is 30.3 Å². The van der Waals surface area contributed by atoms with Crippen LogP contribution in [-0.4, -0.2) is 34.1 Å². The number of methoxy groups -OCH3 is 1. The zero-order chi connectivity index (χ0) is 23.8. The van der Waals surface area contributed by atoms with Gasteiger partial charge in [-0.2, -0.15) is 18.3 Å². The fourth-order valence-corrected chi connectivity index (χ4v) is 3.81. The topological polar surface area (TPSA) is 88.4 Å². The number of ether oxygens (including phenoxy) is 1. The highest BCUT2D eigenvalue weighted by atomic mass is 19.4. The Labute approximate surface area is 188 Å². The average Bonchev–Trinajstić information content (AvgIpc) is 3.22. The molecule has 1 amide bonds. The second-order valence-electron chi connectivity index (χ2n) is 7.88. The van der Waals surface area contributed by atoms with Gasteiger partial charge >= 0.3 is 6.18 Å². The Hall–Kier alpha value is -3.53. The first-order chi connectivity index (χ1) is 15.7. The second-order valence-corrected chi connectivity index (χ2v) is 7.88. The van der Waals surface area contributed by atoms with Crippen molar-refractivity contribution in [1.29, 1.82) is 0 Å². The molecule has 33 heavy (non-hydrogen) atoms. The van der Waals surface area contributed by atoms with Gasteiger partial charge in [0, 0.05) is 18.2 Å². The number of anilines is 2. The molecular formula is C23H23F3N4O3. The molecule has 1 aromatic heterocycles. The minimum atomic E-state index is -4.55. The highest BCUT2D eigenvalue weighted by Gasteiger charge is 2.46. The van der Waals surface area contributed by atoms with Crippen molar-refractivity contribution in [3.8, 4) is 5.75 Å². The van der Waals surface area contributed by atoms with Crippen LogP contribution in [0.2, 0.25) is 0 Å². The van der Waals surface area contributed by atoms with E-state index in [1.54, 1.807) is 55.5 Å². The summed E-state index contributed by atoms with van der Waals surface area (Å²) in [5.74, 6) is 0.0567. The fraction of sp³-hybridized carbons (Fsp3) is 0.304. The van der Waals surface area contributed by atoms with E-state index in [4.69, 9.17) is 4.74 Å². The summed E-state index contributed by atoms with van der Waals surface area (Å²) >= 11 is 0. The van der Waals surface area contributed by atoms with Gasteiger partial charge in [-0.1, -0.05) is 24.3 Å². The smallest absolute Gasteiger partial charge is 0.410 e. The summed E-state index contributed by atoms with van der Waals surface area (Å²) in [4.78, 5) is 12.7. The van der Waals surface area contributed by atoms with Gasteiger partial charge in [-0.05, 0) is 42.3 Å². The van der Waals surface area contributed by atoms with Crippen LogP contribution in [-0.2, 0) is 0 Å².